The minimum Gasteiger partial charge on any atom is -0.480 e. The number of nitrogens with one attached hydrogen (secondary N) is 1. The maximum Gasteiger partial charge on any atom is 0.408 e. The molecule has 0 saturated carbocycles. The van der Waals surface area contributed by atoms with Gasteiger partial charge in [-0.25, -0.2) is 9.59 Å². The molecule has 2 atom stereocenters. The Morgan fingerprint density at radius 1 is 1.27 bits per heavy atom. The van der Waals surface area contributed by atoms with Crippen LogP contribution >= 0.6 is 22.6 Å². The average Bonchev–Trinajstić information content (AvgIpc) is 2.70. The number of methoxy groups -OCH3 is 1. The topological polar surface area (TPSA) is 140 Å². The van der Waals surface area contributed by atoms with Gasteiger partial charge in [-0.3, -0.25) is 4.79 Å². The number of amides is 2. The number of carboxylic acid groups (broad SMARTS) is 1. The van der Waals surface area contributed by atoms with Gasteiger partial charge < -0.3 is 35.3 Å². The second-order valence-electron chi connectivity index (χ2n) is 8.45. The molecule has 2 amide bonds. The lowest BCUT2D eigenvalue weighted by atomic mass is 10.0. The van der Waals surface area contributed by atoms with Crippen LogP contribution in [0.1, 0.15) is 39.2 Å². The number of alkyl carbamates (subject to hydrolysis) is 1. The van der Waals surface area contributed by atoms with E-state index in [-0.39, 0.29) is 19.6 Å². The fraction of sp³-hybridized carbons (Fsp3) is 0.591. The highest BCUT2D eigenvalue weighted by Crippen LogP contribution is 2.23. The van der Waals surface area contributed by atoms with E-state index >= 15 is 0 Å². The lowest BCUT2D eigenvalue weighted by Crippen LogP contribution is -2.53. The molecule has 0 saturated heterocycles. The standard InChI is InChI=1S/C22H34IN3O7/c1-22(2,3)33-21(30)25-16(19(27)26(4)17(20(28)29)7-6-10-24)12-14-8-9-18(15(23)11-14)32-13-31-5/h8-9,11,16-17H,6-7,10,12-13,24H2,1-5H3,(H,25,30)(H,28,29)/t16-,17-/m1/s1. The lowest BCUT2D eigenvalue weighted by molar-refractivity contribution is -0.150. The van der Waals surface area contributed by atoms with Gasteiger partial charge in [0.15, 0.2) is 6.79 Å². The number of nitrogens with two attached hydrogens (primary N) is 1. The van der Waals surface area contributed by atoms with Crippen LogP contribution in [0.25, 0.3) is 0 Å². The summed E-state index contributed by atoms with van der Waals surface area (Å²) in [6, 6.07) is 3.25. The van der Waals surface area contributed by atoms with E-state index < -0.39 is 35.7 Å². The zero-order valence-electron chi connectivity index (χ0n) is 19.7. The SMILES string of the molecule is COCOc1ccc(C[C@@H](NC(=O)OC(C)(C)C)C(=O)N(C)[C@H](CCCN)C(=O)O)cc1I. The lowest BCUT2D eigenvalue weighted by Gasteiger charge is -2.30. The third-order valence-electron chi connectivity index (χ3n) is 4.54. The van der Waals surface area contributed by atoms with E-state index in [0.29, 0.717) is 18.7 Å². The van der Waals surface area contributed by atoms with Gasteiger partial charge >= 0.3 is 12.1 Å². The van der Waals surface area contributed by atoms with Crippen LogP contribution in [0.3, 0.4) is 0 Å². The quantitative estimate of drug-likeness (QED) is 0.253. The van der Waals surface area contributed by atoms with Gasteiger partial charge in [0.25, 0.3) is 0 Å². The molecule has 0 aromatic heterocycles. The molecule has 186 valence electrons. The fourth-order valence-electron chi connectivity index (χ4n) is 2.99. The molecular formula is C22H34IN3O7. The van der Waals surface area contributed by atoms with Crippen molar-refractivity contribution in [3.63, 3.8) is 0 Å². The Labute approximate surface area is 208 Å². The molecule has 33 heavy (non-hydrogen) atoms. The van der Waals surface area contributed by atoms with Crippen molar-refractivity contribution in [2.75, 3.05) is 27.5 Å². The largest absolute Gasteiger partial charge is 0.480 e. The van der Waals surface area contributed by atoms with Crippen LogP contribution in [0.5, 0.6) is 5.75 Å². The summed E-state index contributed by atoms with van der Waals surface area (Å²) in [6.45, 7) is 5.54. The molecule has 0 unspecified atom stereocenters. The molecule has 1 aromatic carbocycles. The van der Waals surface area contributed by atoms with Crippen LogP contribution < -0.4 is 15.8 Å². The third-order valence-corrected chi connectivity index (χ3v) is 5.38. The van der Waals surface area contributed by atoms with Crippen molar-refractivity contribution in [2.45, 2.75) is 57.7 Å². The molecule has 1 aromatic rings. The number of hydrogen-bond donors (Lipinski definition) is 3. The summed E-state index contributed by atoms with van der Waals surface area (Å²) in [5.41, 5.74) is 5.50. The fourth-order valence-corrected chi connectivity index (χ4v) is 3.73. The zero-order valence-corrected chi connectivity index (χ0v) is 21.9. The van der Waals surface area contributed by atoms with Crippen molar-refractivity contribution >= 4 is 40.6 Å². The van der Waals surface area contributed by atoms with Crippen LogP contribution in [-0.4, -0.2) is 73.2 Å². The van der Waals surface area contributed by atoms with Crippen LogP contribution in [0.2, 0.25) is 0 Å². The summed E-state index contributed by atoms with van der Waals surface area (Å²) in [4.78, 5) is 38.6. The Morgan fingerprint density at radius 2 is 1.94 bits per heavy atom. The Morgan fingerprint density at radius 3 is 2.45 bits per heavy atom. The first kappa shape index (κ1) is 28.9. The second-order valence-corrected chi connectivity index (χ2v) is 9.61. The summed E-state index contributed by atoms with van der Waals surface area (Å²) in [6.07, 6.45) is 0.0146. The Balaban J connectivity index is 3.14. The minimum absolute atomic E-state index is 0.0980. The van der Waals surface area contributed by atoms with Crippen LogP contribution in [0.4, 0.5) is 4.79 Å². The first-order valence-corrected chi connectivity index (χ1v) is 11.6. The Bertz CT molecular complexity index is 814. The van der Waals surface area contributed by atoms with Gasteiger partial charge in [-0.1, -0.05) is 6.07 Å². The summed E-state index contributed by atoms with van der Waals surface area (Å²) in [7, 11) is 2.93. The van der Waals surface area contributed by atoms with E-state index in [0.717, 1.165) is 14.0 Å². The molecule has 0 radical (unpaired) electrons. The first-order chi connectivity index (χ1) is 15.4. The van der Waals surface area contributed by atoms with Crippen molar-refractivity contribution in [2.24, 2.45) is 5.73 Å². The number of ether oxygens (including phenoxy) is 3. The molecule has 1 rings (SSSR count). The number of nitrogens with zero attached hydrogens (tertiary/aromatic N) is 1. The number of benzene rings is 1. The molecule has 4 N–H and O–H groups in total. The number of carbonyl (C=O) groups is 3. The third kappa shape index (κ3) is 10.1. The molecular weight excluding hydrogens is 545 g/mol. The highest BCUT2D eigenvalue weighted by molar-refractivity contribution is 14.1. The molecule has 0 bridgehead atoms. The van der Waals surface area contributed by atoms with Crippen molar-refractivity contribution in [1.29, 1.82) is 0 Å². The van der Waals surface area contributed by atoms with E-state index in [1.54, 1.807) is 32.9 Å². The van der Waals surface area contributed by atoms with Crippen molar-refractivity contribution < 1.29 is 33.7 Å². The van der Waals surface area contributed by atoms with E-state index in [1.807, 2.05) is 6.07 Å². The summed E-state index contributed by atoms with van der Waals surface area (Å²) in [5.74, 6) is -1.06. The number of hydrogen-bond acceptors (Lipinski definition) is 7. The minimum atomic E-state index is -1.13. The van der Waals surface area contributed by atoms with Gasteiger partial charge in [-0.05, 0) is 80.4 Å². The van der Waals surface area contributed by atoms with Gasteiger partial charge in [-0.2, -0.15) is 0 Å². The molecule has 0 fully saturated rings. The molecule has 0 spiro atoms. The number of likely N-dealkylation sites (N-methyl/N-ethyl adjacent to an activating group) is 1. The van der Waals surface area contributed by atoms with Crippen molar-refractivity contribution in [3.8, 4) is 5.75 Å². The first-order valence-electron chi connectivity index (χ1n) is 10.5. The highest BCUT2D eigenvalue weighted by Gasteiger charge is 2.33. The number of halogens is 1. The van der Waals surface area contributed by atoms with Gasteiger partial charge in [0.1, 0.15) is 23.4 Å². The monoisotopic (exact) mass is 579 g/mol. The van der Waals surface area contributed by atoms with E-state index in [2.05, 4.69) is 27.9 Å². The predicted molar refractivity (Wildman–Crippen MR) is 131 cm³/mol. The van der Waals surface area contributed by atoms with Crippen LogP contribution in [0.15, 0.2) is 18.2 Å². The maximum absolute atomic E-state index is 13.3. The van der Waals surface area contributed by atoms with E-state index in [1.165, 1.54) is 14.2 Å². The smallest absolute Gasteiger partial charge is 0.408 e. The molecule has 11 heteroatoms. The van der Waals surface area contributed by atoms with E-state index in [9.17, 15) is 19.5 Å². The number of carboxylic acids is 1. The van der Waals surface area contributed by atoms with Gasteiger partial charge in [-0.15, -0.1) is 0 Å². The highest BCUT2D eigenvalue weighted by atomic mass is 127. The number of carbonyl (C=O) groups excluding carboxylic acids is 2. The summed E-state index contributed by atoms with van der Waals surface area (Å²) < 4.78 is 16.5. The van der Waals surface area contributed by atoms with Crippen molar-refractivity contribution in [1.82, 2.24) is 10.2 Å². The molecule has 0 aliphatic carbocycles. The Hall–Kier alpha value is -2.12. The molecule has 0 aliphatic heterocycles. The Kier molecular flexibility index (Phi) is 11.9. The molecule has 0 aliphatic rings. The van der Waals surface area contributed by atoms with Crippen LogP contribution in [-0.2, 0) is 25.5 Å². The molecule has 10 nitrogen and oxygen atoms in total. The normalized spacial score (nSPS) is 13.1. The summed E-state index contributed by atoms with van der Waals surface area (Å²) in [5, 5.41) is 12.2. The number of aliphatic carboxylic acids is 1. The van der Waals surface area contributed by atoms with Crippen LogP contribution in [0, 0.1) is 3.57 Å². The summed E-state index contributed by atoms with van der Waals surface area (Å²) >= 11 is 2.10. The predicted octanol–water partition coefficient (Wildman–Crippen LogP) is 2.36. The maximum atomic E-state index is 13.3. The molecule has 0 heterocycles. The van der Waals surface area contributed by atoms with E-state index in [4.69, 9.17) is 19.9 Å². The zero-order chi connectivity index (χ0) is 25.2. The van der Waals surface area contributed by atoms with Gasteiger partial charge in [0, 0.05) is 20.6 Å². The number of rotatable bonds is 12. The van der Waals surface area contributed by atoms with Gasteiger partial charge in [0.05, 0.1) is 3.57 Å². The van der Waals surface area contributed by atoms with Crippen molar-refractivity contribution in [3.05, 3.63) is 27.3 Å². The second kappa shape index (κ2) is 13.6. The average molecular weight is 579 g/mol. The van der Waals surface area contributed by atoms with Gasteiger partial charge in [0.2, 0.25) is 5.91 Å².